The summed E-state index contributed by atoms with van der Waals surface area (Å²) in [4.78, 5) is 0. The van der Waals surface area contributed by atoms with E-state index in [1.165, 1.54) is 0 Å². The van der Waals surface area contributed by atoms with Crippen molar-refractivity contribution in [3.05, 3.63) is 29.8 Å². The first-order valence-electron chi connectivity index (χ1n) is 6.63. The number of hydrogen-bond acceptors (Lipinski definition) is 4. The van der Waals surface area contributed by atoms with Gasteiger partial charge in [0.1, 0.15) is 11.3 Å². The Labute approximate surface area is 115 Å². The first kappa shape index (κ1) is 15.5. The summed E-state index contributed by atoms with van der Waals surface area (Å²) >= 11 is 0. The lowest BCUT2D eigenvalue weighted by Gasteiger charge is -2.23. The van der Waals surface area contributed by atoms with Crippen LogP contribution in [0.25, 0.3) is 0 Å². The standard InChI is InChI=1S/C15H22N2O2/c1-3-9-17-15(2,12-16)8-10-19-14-7-5-4-6-13(14)11-18/h4-7,17-18H,3,8-11H2,1-2H3. The monoisotopic (exact) mass is 262 g/mol. The highest BCUT2D eigenvalue weighted by Gasteiger charge is 2.22. The molecule has 2 N–H and O–H groups in total. The van der Waals surface area contributed by atoms with E-state index in [1.54, 1.807) is 0 Å². The molecule has 0 aliphatic rings. The van der Waals surface area contributed by atoms with Crippen LogP contribution in [0.5, 0.6) is 5.75 Å². The number of benzene rings is 1. The summed E-state index contributed by atoms with van der Waals surface area (Å²) in [5.74, 6) is 0.681. The van der Waals surface area contributed by atoms with Gasteiger partial charge in [-0.25, -0.2) is 0 Å². The molecule has 0 heterocycles. The van der Waals surface area contributed by atoms with Crippen molar-refractivity contribution in [2.24, 2.45) is 0 Å². The molecule has 4 nitrogen and oxygen atoms in total. The fourth-order valence-electron chi connectivity index (χ4n) is 1.73. The molecule has 0 aliphatic carbocycles. The summed E-state index contributed by atoms with van der Waals surface area (Å²) in [5.41, 5.74) is 0.201. The number of nitrogens with zero attached hydrogens (tertiary/aromatic N) is 1. The van der Waals surface area contributed by atoms with Crippen LogP contribution < -0.4 is 10.1 Å². The molecule has 0 aromatic heterocycles. The molecule has 1 rings (SSSR count). The zero-order chi connectivity index (χ0) is 14.1. The number of hydrogen-bond donors (Lipinski definition) is 2. The Hall–Kier alpha value is -1.57. The summed E-state index contributed by atoms with van der Waals surface area (Å²) < 4.78 is 5.65. The van der Waals surface area contributed by atoms with Gasteiger partial charge in [0.25, 0.3) is 0 Å². The molecule has 1 aromatic carbocycles. The molecule has 0 amide bonds. The SMILES string of the molecule is CCCNC(C)(C#N)CCOc1ccccc1CO. The highest BCUT2D eigenvalue weighted by atomic mass is 16.5. The summed E-state index contributed by atoms with van der Waals surface area (Å²) in [5, 5.41) is 21.6. The van der Waals surface area contributed by atoms with Crippen LogP contribution in [0.4, 0.5) is 0 Å². The molecule has 4 heteroatoms. The third kappa shape index (κ3) is 4.90. The fourth-order valence-corrected chi connectivity index (χ4v) is 1.73. The van der Waals surface area contributed by atoms with E-state index in [1.807, 2.05) is 31.2 Å². The van der Waals surface area contributed by atoms with E-state index in [4.69, 9.17) is 4.74 Å². The predicted molar refractivity (Wildman–Crippen MR) is 74.8 cm³/mol. The van der Waals surface area contributed by atoms with Crippen LogP contribution in [-0.4, -0.2) is 23.8 Å². The van der Waals surface area contributed by atoms with Crippen LogP contribution in [0.3, 0.4) is 0 Å². The van der Waals surface area contributed by atoms with Gasteiger partial charge in [-0.2, -0.15) is 5.26 Å². The van der Waals surface area contributed by atoms with E-state index < -0.39 is 5.54 Å². The van der Waals surface area contributed by atoms with Crippen LogP contribution in [0, 0.1) is 11.3 Å². The second-order valence-corrected chi connectivity index (χ2v) is 4.73. The van der Waals surface area contributed by atoms with Crippen molar-refractivity contribution in [3.63, 3.8) is 0 Å². The molecule has 1 atom stereocenters. The summed E-state index contributed by atoms with van der Waals surface area (Å²) in [6.45, 7) is 5.16. The third-order valence-electron chi connectivity index (χ3n) is 3.01. The lowest BCUT2D eigenvalue weighted by atomic mass is 10.0. The highest BCUT2D eigenvalue weighted by molar-refractivity contribution is 5.32. The number of para-hydroxylation sites is 1. The first-order valence-corrected chi connectivity index (χ1v) is 6.63. The fraction of sp³-hybridized carbons (Fsp3) is 0.533. The summed E-state index contributed by atoms with van der Waals surface area (Å²) in [7, 11) is 0. The molecule has 0 spiro atoms. The van der Waals surface area contributed by atoms with Gasteiger partial charge in [0, 0.05) is 12.0 Å². The van der Waals surface area contributed by atoms with Gasteiger partial charge in [0.05, 0.1) is 19.3 Å². The maximum atomic E-state index is 9.20. The number of aliphatic hydroxyl groups excluding tert-OH is 1. The van der Waals surface area contributed by atoms with Gasteiger partial charge in [-0.05, 0) is 26.0 Å². The van der Waals surface area contributed by atoms with Gasteiger partial charge in [-0.1, -0.05) is 25.1 Å². The second-order valence-electron chi connectivity index (χ2n) is 4.73. The Morgan fingerprint density at radius 3 is 2.79 bits per heavy atom. The average Bonchev–Trinajstić information content (AvgIpc) is 2.45. The van der Waals surface area contributed by atoms with Crippen molar-refractivity contribution in [1.29, 1.82) is 5.26 Å². The predicted octanol–water partition coefficient (Wildman–Crippen LogP) is 2.23. The van der Waals surface area contributed by atoms with E-state index in [2.05, 4.69) is 18.3 Å². The quantitative estimate of drug-likeness (QED) is 0.754. The van der Waals surface area contributed by atoms with E-state index >= 15 is 0 Å². The van der Waals surface area contributed by atoms with Crippen LogP contribution >= 0.6 is 0 Å². The number of nitriles is 1. The highest BCUT2D eigenvalue weighted by Crippen LogP contribution is 2.19. The molecule has 0 saturated carbocycles. The lowest BCUT2D eigenvalue weighted by molar-refractivity contribution is 0.246. The molecule has 0 radical (unpaired) electrons. The van der Waals surface area contributed by atoms with Crippen LogP contribution in [0.15, 0.2) is 24.3 Å². The molecule has 19 heavy (non-hydrogen) atoms. The van der Waals surface area contributed by atoms with Crippen molar-refractivity contribution in [1.82, 2.24) is 5.32 Å². The Morgan fingerprint density at radius 2 is 2.16 bits per heavy atom. The number of nitrogens with one attached hydrogen (secondary N) is 1. The van der Waals surface area contributed by atoms with Gasteiger partial charge in [0.15, 0.2) is 0 Å². The molecule has 0 saturated heterocycles. The van der Waals surface area contributed by atoms with Gasteiger partial charge < -0.3 is 9.84 Å². The van der Waals surface area contributed by atoms with Crippen molar-refractivity contribution in [2.45, 2.75) is 38.8 Å². The molecule has 104 valence electrons. The smallest absolute Gasteiger partial charge is 0.124 e. The Bertz CT molecular complexity index is 428. The van der Waals surface area contributed by atoms with Crippen molar-refractivity contribution in [3.8, 4) is 11.8 Å². The molecule has 0 fully saturated rings. The van der Waals surface area contributed by atoms with Crippen LogP contribution in [0.1, 0.15) is 32.3 Å². The topological polar surface area (TPSA) is 65.3 Å². The largest absolute Gasteiger partial charge is 0.493 e. The molecular formula is C15H22N2O2. The zero-order valence-electron chi connectivity index (χ0n) is 11.6. The van der Waals surface area contributed by atoms with Crippen LogP contribution in [-0.2, 0) is 6.61 Å². The van der Waals surface area contributed by atoms with Crippen molar-refractivity contribution >= 4 is 0 Å². The van der Waals surface area contributed by atoms with E-state index in [0.29, 0.717) is 18.8 Å². The lowest BCUT2D eigenvalue weighted by Crippen LogP contribution is -2.42. The Balaban J connectivity index is 2.51. The van der Waals surface area contributed by atoms with Gasteiger partial charge >= 0.3 is 0 Å². The third-order valence-corrected chi connectivity index (χ3v) is 3.01. The number of rotatable bonds is 8. The van der Waals surface area contributed by atoms with Crippen molar-refractivity contribution in [2.75, 3.05) is 13.2 Å². The minimum absolute atomic E-state index is 0.0419. The second kappa shape index (κ2) is 7.78. The van der Waals surface area contributed by atoms with Gasteiger partial charge in [-0.15, -0.1) is 0 Å². The molecule has 0 aliphatic heterocycles. The zero-order valence-corrected chi connectivity index (χ0v) is 11.6. The summed E-state index contributed by atoms with van der Waals surface area (Å²) in [6.07, 6.45) is 1.59. The molecular weight excluding hydrogens is 240 g/mol. The number of aliphatic hydroxyl groups is 1. The Kier molecular flexibility index (Phi) is 6.34. The Morgan fingerprint density at radius 1 is 1.42 bits per heavy atom. The molecule has 1 unspecified atom stereocenters. The molecule has 0 bridgehead atoms. The van der Waals surface area contributed by atoms with E-state index in [9.17, 15) is 10.4 Å². The molecule has 1 aromatic rings. The van der Waals surface area contributed by atoms with Crippen molar-refractivity contribution < 1.29 is 9.84 Å². The normalized spacial score (nSPS) is 13.6. The minimum atomic E-state index is -0.565. The van der Waals surface area contributed by atoms with Gasteiger partial charge in [-0.3, -0.25) is 5.32 Å². The average molecular weight is 262 g/mol. The van der Waals surface area contributed by atoms with E-state index in [0.717, 1.165) is 18.5 Å². The number of ether oxygens (including phenoxy) is 1. The summed E-state index contributed by atoms with van der Waals surface area (Å²) in [6, 6.07) is 9.67. The maximum absolute atomic E-state index is 9.20. The van der Waals surface area contributed by atoms with E-state index in [-0.39, 0.29) is 6.61 Å². The minimum Gasteiger partial charge on any atom is -0.493 e. The van der Waals surface area contributed by atoms with Gasteiger partial charge in [0.2, 0.25) is 0 Å². The van der Waals surface area contributed by atoms with Crippen LogP contribution in [0.2, 0.25) is 0 Å². The maximum Gasteiger partial charge on any atom is 0.124 e. The first-order chi connectivity index (χ1) is 9.15.